The first-order valence-electron chi connectivity index (χ1n) is 8.36. The minimum Gasteiger partial charge on any atom is -0.452 e. The molecule has 3 aromatic rings. The molecule has 0 saturated carbocycles. The molecule has 0 saturated heterocycles. The highest BCUT2D eigenvalue weighted by atomic mass is 35.5. The Balaban J connectivity index is 1.66. The van der Waals surface area contributed by atoms with Gasteiger partial charge in [-0.3, -0.25) is 14.9 Å². The molecule has 1 aromatic heterocycles. The monoisotopic (exact) mass is 447 g/mol. The van der Waals surface area contributed by atoms with E-state index < -0.39 is 23.4 Å². The number of carbonyl (C=O) groups is 2. The normalized spacial score (nSPS) is 10.5. The molecule has 3 rings (SSSR count). The Bertz CT molecular complexity index is 1100. The van der Waals surface area contributed by atoms with Crippen LogP contribution in [0.1, 0.15) is 10.4 Å². The number of hydrogen-bond acceptors (Lipinski definition) is 8. The third-order valence-corrected chi connectivity index (χ3v) is 5.09. The maximum Gasteiger partial charge on any atom is 0.338 e. The minimum absolute atomic E-state index is 0.0525. The summed E-state index contributed by atoms with van der Waals surface area (Å²) < 4.78 is 6.56. The Morgan fingerprint density at radius 3 is 2.63 bits per heavy atom. The van der Waals surface area contributed by atoms with Gasteiger partial charge in [-0.2, -0.15) is 0 Å². The largest absolute Gasteiger partial charge is 0.452 e. The van der Waals surface area contributed by atoms with Gasteiger partial charge in [0.05, 0.1) is 15.4 Å². The van der Waals surface area contributed by atoms with Gasteiger partial charge in [0.1, 0.15) is 6.33 Å². The Morgan fingerprint density at radius 2 is 2.00 bits per heavy atom. The second-order valence-electron chi connectivity index (χ2n) is 5.90. The molecule has 0 fully saturated rings. The second-order valence-corrected chi connectivity index (χ2v) is 7.34. The molecule has 1 N–H and O–H groups in total. The van der Waals surface area contributed by atoms with E-state index in [2.05, 4.69) is 15.5 Å². The number of esters is 1. The molecule has 0 unspecified atom stereocenters. The lowest BCUT2D eigenvalue weighted by Gasteiger charge is -2.08. The molecule has 0 bridgehead atoms. The lowest BCUT2D eigenvalue weighted by molar-refractivity contribution is -0.387. The minimum atomic E-state index is -0.862. The number of aromatic nitrogens is 3. The number of amides is 1. The van der Waals surface area contributed by atoms with E-state index >= 15 is 0 Å². The van der Waals surface area contributed by atoms with Crippen molar-refractivity contribution in [2.75, 3.05) is 11.9 Å². The first kappa shape index (κ1) is 21.3. The summed E-state index contributed by atoms with van der Waals surface area (Å²) in [6.45, 7) is -0.551. The summed E-state index contributed by atoms with van der Waals surface area (Å²) in [5.74, 6) is -1.42. The van der Waals surface area contributed by atoms with Crippen molar-refractivity contribution in [2.24, 2.45) is 7.05 Å². The third-order valence-electron chi connectivity index (χ3n) is 3.72. The number of nitro benzene ring substituents is 1. The van der Waals surface area contributed by atoms with Crippen LogP contribution in [0.15, 0.2) is 58.8 Å². The lowest BCUT2D eigenvalue weighted by atomic mass is 10.2. The van der Waals surface area contributed by atoms with Crippen LogP contribution in [0.2, 0.25) is 5.02 Å². The third kappa shape index (κ3) is 5.33. The first-order valence-corrected chi connectivity index (χ1v) is 9.56. The van der Waals surface area contributed by atoms with Crippen LogP contribution in [0, 0.1) is 10.1 Å². The molecule has 0 spiro atoms. The summed E-state index contributed by atoms with van der Waals surface area (Å²) in [7, 11) is 1.70. The molecule has 10 nitrogen and oxygen atoms in total. The predicted molar refractivity (Wildman–Crippen MR) is 109 cm³/mol. The average Bonchev–Trinajstić information content (AvgIpc) is 3.12. The van der Waals surface area contributed by atoms with Crippen LogP contribution in [0.25, 0.3) is 0 Å². The molecule has 154 valence electrons. The number of rotatable bonds is 7. The predicted octanol–water partition coefficient (Wildman–Crippen LogP) is 3.32. The van der Waals surface area contributed by atoms with Gasteiger partial charge in [-0.1, -0.05) is 11.6 Å². The fraction of sp³-hybridized carbons (Fsp3) is 0.111. The molecule has 2 aromatic carbocycles. The van der Waals surface area contributed by atoms with Crippen molar-refractivity contribution in [2.45, 2.75) is 10.1 Å². The van der Waals surface area contributed by atoms with Crippen molar-refractivity contribution in [1.82, 2.24) is 14.8 Å². The summed E-state index contributed by atoms with van der Waals surface area (Å²) >= 11 is 6.81. The van der Waals surface area contributed by atoms with Gasteiger partial charge in [0.2, 0.25) is 0 Å². The van der Waals surface area contributed by atoms with E-state index in [4.69, 9.17) is 16.3 Å². The van der Waals surface area contributed by atoms with E-state index in [-0.39, 0.29) is 16.1 Å². The molecule has 1 heterocycles. The summed E-state index contributed by atoms with van der Waals surface area (Å²) in [6.07, 6.45) is 1.47. The van der Waals surface area contributed by atoms with Crippen molar-refractivity contribution in [1.29, 1.82) is 0 Å². The van der Waals surface area contributed by atoms with Gasteiger partial charge in [0, 0.05) is 23.8 Å². The topological polar surface area (TPSA) is 129 Å². The molecule has 1 amide bonds. The zero-order valence-corrected chi connectivity index (χ0v) is 17.0. The van der Waals surface area contributed by atoms with E-state index in [1.807, 2.05) is 0 Å². The van der Waals surface area contributed by atoms with Crippen molar-refractivity contribution in [3.63, 3.8) is 0 Å². The second kappa shape index (κ2) is 9.37. The highest BCUT2D eigenvalue weighted by Gasteiger charge is 2.21. The Labute approximate surface area is 179 Å². The van der Waals surface area contributed by atoms with Crippen molar-refractivity contribution in [3.05, 3.63) is 69.5 Å². The van der Waals surface area contributed by atoms with Crippen LogP contribution in [0.5, 0.6) is 0 Å². The molecular weight excluding hydrogens is 434 g/mol. The summed E-state index contributed by atoms with van der Waals surface area (Å²) in [5.41, 5.74) is 0.146. The van der Waals surface area contributed by atoms with Crippen LogP contribution in [-0.4, -0.2) is 38.2 Å². The van der Waals surface area contributed by atoms with Crippen LogP contribution >= 0.6 is 23.4 Å². The number of ether oxygens (including phenoxy) is 1. The van der Waals surface area contributed by atoms with E-state index in [1.54, 1.807) is 35.9 Å². The number of nitrogens with one attached hydrogen (secondary N) is 1. The molecule has 0 aliphatic heterocycles. The number of hydrogen-bond donors (Lipinski definition) is 1. The van der Waals surface area contributed by atoms with Gasteiger partial charge in [0.25, 0.3) is 11.6 Å². The summed E-state index contributed by atoms with van der Waals surface area (Å²) in [6, 6.07) is 10.3. The van der Waals surface area contributed by atoms with E-state index in [0.29, 0.717) is 15.9 Å². The molecule has 0 aliphatic carbocycles. The van der Waals surface area contributed by atoms with Gasteiger partial charge in [-0.15, -0.1) is 10.2 Å². The zero-order chi connectivity index (χ0) is 21.7. The molecule has 0 atom stereocenters. The molecule has 30 heavy (non-hydrogen) atoms. The number of nitro groups is 1. The van der Waals surface area contributed by atoms with Crippen molar-refractivity contribution in [3.8, 4) is 0 Å². The van der Waals surface area contributed by atoms with Crippen LogP contribution in [-0.2, 0) is 16.6 Å². The fourth-order valence-corrected chi connectivity index (χ4v) is 3.26. The molecule has 12 heteroatoms. The molecule has 0 radical (unpaired) electrons. The number of halogens is 1. The lowest BCUT2D eigenvalue weighted by Crippen LogP contribution is -2.21. The van der Waals surface area contributed by atoms with Crippen LogP contribution in [0.3, 0.4) is 0 Å². The number of aryl methyl sites for hydroxylation is 1. The molecular formula is C18H14ClN5O5S. The standard InChI is InChI=1S/C18H14ClN5O5S/c1-23-10-20-22-18(23)30-15-7-2-11(8-14(15)24(27)28)17(26)29-9-16(25)21-13-5-3-12(19)4-6-13/h2-8,10H,9H2,1H3,(H,21,25). The number of anilines is 1. The van der Waals surface area contributed by atoms with Gasteiger partial charge >= 0.3 is 5.97 Å². The fourth-order valence-electron chi connectivity index (χ4n) is 2.28. The molecule has 0 aliphatic rings. The van der Waals surface area contributed by atoms with Crippen LogP contribution < -0.4 is 5.32 Å². The van der Waals surface area contributed by atoms with E-state index in [0.717, 1.165) is 17.8 Å². The number of carbonyl (C=O) groups excluding carboxylic acids is 2. The highest BCUT2D eigenvalue weighted by molar-refractivity contribution is 7.99. The summed E-state index contributed by atoms with van der Waals surface area (Å²) in [5, 5.41) is 22.5. The smallest absolute Gasteiger partial charge is 0.338 e. The van der Waals surface area contributed by atoms with Gasteiger partial charge < -0.3 is 14.6 Å². The van der Waals surface area contributed by atoms with Crippen molar-refractivity contribution < 1.29 is 19.2 Å². The Hall–Kier alpha value is -3.44. The van der Waals surface area contributed by atoms with Crippen molar-refractivity contribution >= 4 is 46.6 Å². The maximum atomic E-state index is 12.2. The number of benzene rings is 2. The summed E-state index contributed by atoms with van der Waals surface area (Å²) in [4.78, 5) is 35.3. The van der Waals surface area contributed by atoms with Crippen LogP contribution in [0.4, 0.5) is 11.4 Å². The number of nitrogens with zero attached hydrogens (tertiary/aromatic N) is 4. The van der Waals surface area contributed by atoms with Gasteiger partial charge in [0.15, 0.2) is 11.8 Å². The SMILES string of the molecule is Cn1cnnc1Sc1ccc(C(=O)OCC(=O)Nc2ccc(Cl)cc2)cc1[N+](=O)[O-]. The zero-order valence-electron chi connectivity index (χ0n) is 15.4. The van der Waals surface area contributed by atoms with Gasteiger partial charge in [-0.25, -0.2) is 4.79 Å². The quantitative estimate of drug-likeness (QED) is 0.331. The highest BCUT2D eigenvalue weighted by Crippen LogP contribution is 2.34. The van der Waals surface area contributed by atoms with E-state index in [9.17, 15) is 19.7 Å². The average molecular weight is 448 g/mol. The Morgan fingerprint density at radius 1 is 1.27 bits per heavy atom. The maximum absolute atomic E-state index is 12.2. The first-order chi connectivity index (χ1) is 14.3. The Kier molecular flexibility index (Phi) is 6.65. The van der Waals surface area contributed by atoms with E-state index in [1.165, 1.54) is 18.5 Å². The van der Waals surface area contributed by atoms with Gasteiger partial charge in [-0.05, 0) is 48.2 Å².